The molecule has 0 saturated carbocycles. The highest BCUT2D eigenvalue weighted by atomic mass is 19.4. The number of nitrogen functional groups attached to an aromatic ring is 1. The van der Waals surface area contributed by atoms with E-state index < -0.39 is 46.0 Å². The van der Waals surface area contributed by atoms with Crippen LogP contribution in [0, 0.1) is 0 Å². The summed E-state index contributed by atoms with van der Waals surface area (Å²) < 4.78 is 86.1. The van der Waals surface area contributed by atoms with E-state index in [1.807, 2.05) is 0 Å². The third kappa shape index (κ3) is 4.10. The van der Waals surface area contributed by atoms with E-state index in [0.717, 1.165) is 25.1 Å². The molecule has 0 aliphatic rings. The number of hydrogen-bond acceptors (Lipinski definition) is 3. The number of ketones is 2. The molecule has 0 saturated heterocycles. The van der Waals surface area contributed by atoms with Crippen molar-refractivity contribution in [2.45, 2.75) is 24.7 Å². The highest BCUT2D eigenvalue weighted by molar-refractivity contribution is 6.12. The van der Waals surface area contributed by atoms with Gasteiger partial charge in [0.25, 0.3) is 0 Å². The largest absolute Gasteiger partial charge is 0.411 e. The van der Waals surface area contributed by atoms with Gasteiger partial charge in [0.05, 0.1) is 0 Å². The SMILES string of the molecule is CC(=O)c1ccc(C(c2ccc(N)c(C(=O)c3ccccc3)c2)(C(F)(F)F)C(F)(F)F)cc1. The molecule has 0 atom stereocenters. The lowest BCUT2D eigenvalue weighted by molar-refractivity contribution is -0.288. The minimum atomic E-state index is -5.84. The zero-order chi connectivity index (χ0) is 24.6. The summed E-state index contributed by atoms with van der Waals surface area (Å²) in [5, 5.41) is 0. The first-order valence-electron chi connectivity index (χ1n) is 9.55. The van der Waals surface area contributed by atoms with Gasteiger partial charge < -0.3 is 5.73 Å². The van der Waals surface area contributed by atoms with Crippen molar-refractivity contribution in [3.8, 4) is 0 Å². The molecule has 172 valence electrons. The Balaban J connectivity index is 2.32. The van der Waals surface area contributed by atoms with Crippen molar-refractivity contribution in [1.29, 1.82) is 0 Å². The van der Waals surface area contributed by atoms with Gasteiger partial charge in [0.1, 0.15) is 0 Å². The number of halogens is 6. The first-order chi connectivity index (χ1) is 15.3. The average Bonchev–Trinajstić information content (AvgIpc) is 2.74. The molecule has 9 heteroatoms. The van der Waals surface area contributed by atoms with Crippen LogP contribution in [0.4, 0.5) is 32.0 Å². The number of carbonyl (C=O) groups is 2. The molecule has 2 N–H and O–H groups in total. The molecule has 0 unspecified atom stereocenters. The van der Waals surface area contributed by atoms with Gasteiger partial charge in [0.2, 0.25) is 5.41 Å². The van der Waals surface area contributed by atoms with Crippen molar-refractivity contribution in [2.75, 3.05) is 5.73 Å². The third-order valence-electron chi connectivity index (χ3n) is 5.34. The normalized spacial score (nSPS) is 12.5. The molecule has 0 spiro atoms. The molecule has 33 heavy (non-hydrogen) atoms. The van der Waals surface area contributed by atoms with Gasteiger partial charge in [-0.1, -0.05) is 60.7 Å². The fourth-order valence-electron chi connectivity index (χ4n) is 3.67. The molecule has 0 aromatic heterocycles. The summed E-state index contributed by atoms with van der Waals surface area (Å²) in [5.74, 6) is -1.34. The van der Waals surface area contributed by atoms with Crippen LogP contribution in [-0.2, 0) is 5.41 Å². The van der Waals surface area contributed by atoms with E-state index in [0.29, 0.717) is 24.3 Å². The van der Waals surface area contributed by atoms with Crippen molar-refractivity contribution >= 4 is 17.3 Å². The second kappa shape index (κ2) is 8.38. The first kappa shape index (κ1) is 24.0. The Hall–Kier alpha value is -3.62. The van der Waals surface area contributed by atoms with Crippen LogP contribution in [0.15, 0.2) is 72.8 Å². The fourth-order valence-corrected chi connectivity index (χ4v) is 3.67. The summed E-state index contributed by atoms with van der Waals surface area (Å²) in [5.41, 5.74) is -1.81. The maximum Gasteiger partial charge on any atom is 0.411 e. The third-order valence-corrected chi connectivity index (χ3v) is 5.34. The molecule has 0 heterocycles. The molecular weight excluding hydrogens is 448 g/mol. The minimum Gasteiger partial charge on any atom is -0.398 e. The Kier molecular flexibility index (Phi) is 6.10. The number of carbonyl (C=O) groups excluding carboxylic acids is 2. The second-order valence-corrected chi connectivity index (χ2v) is 7.38. The van der Waals surface area contributed by atoms with Crippen LogP contribution in [0.1, 0.15) is 44.3 Å². The number of anilines is 1. The number of alkyl halides is 6. The molecule has 3 aromatic carbocycles. The van der Waals surface area contributed by atoms with Gasteiger partial charge >= 0.3 is 12.4 Å². The monoisotopic (exact) mass is 465 g/mol. The summed E-state index contributed by atoms with van der Waals surface area (Å²) in [6, 6.07) is 12.4. The van der Waals surface area contributed by atoms with Crippen molar-refractivity contribution in [1.82, 2.24) is 0 Å². The Morgan fingerprint density at radius 1 is 0.697 bits per heavy atom. The van der Waals surface area contributed by atoms with E-state index in [9.17, 15) is 35.9 Å². The van der Waals surface area contributed by atoms with Crippen LogP contribution in [0.25, 0.3) is 0 Å². The topological polar surface area (TPSA) is 60.2 Å². The summed E-state index contributed by atoms with van der Waals surface area (Å²) >= 11 is 0. The molecule has 0 aliphatic carbocycles. The van der Waals surface area contributed by atoms with Crippen molar-refractivity contribution in [3.63, 3.8) is 0 Å². The van der Waals surface area contributed by atoms with Crippen LogP contribution in [0.5, 0.6) is 0 Å². The van der Waals surface area contributed by atoms with Gasteiger partial charge in [-0.25, -0.2) is 0 Å². The van der Waals surface area contributed by atoms with E-state index in [1.165, 1.54) is 24.3 Å². The quantitative estimate of drug-likeness (QED) is 0.281. The van der Waals surface area contributed by atoms with Crippen LogP contribution in [0.2, 0.25) is 0 Å². The smallest absolute Gasteiger partial charge is 0.398 e. The molecule has 3 rings (SSSR count). The van der Waals surface area contributed by atoms with E-state index in [4.69, 9.17) is 5.73 Å². The van der Waals surface area contributed by atoms with Gasteiger partial charge in [-0.05, 0) is 30.2 Å². The van der Waals surface area contributed by atoms with Gasteiger partial charge in [-0.3, -0.25) is 9.59 Å². The summed E-state index contributed by atoms with van der Waals surface area (Å²) in [4.78, 5) is 24.3. The molecule has 0 aliphatic heterocycles. The van der Waals surface area contributed by atoms with Crippen LogP contribution < -0.4 is 5.73 Å². The van der Waals surface area contributed by atoms with Crippen LogP contribution >= 0.6 is 0 Å². The lowest BCUT2D eigenvalue weighted by Gasteiger charge is -2.38. The lowest BCUT2D eigenvalue weighted by Crippen LogP contribution is -2.54. The van der Waals surface area contributed by atoms with Crippen molar-refractivity contribution in [2.24, 2.45) is 0 Å². The second-order valence-electron chi connectivity index (χ2n) is 7.38. The summed E-state index contributed by atoms with van der Waals surface area (Å²) in [7, 11) is 0. The maximum absolute atomic E-state index is 14.4. The van der Waals surface area contributed by atoms with Gasteiger partial charge in [-0.2, -0.15) is 26.3 Å². The molecule has 0 amide bonds. The van der Waals surface area contributed by atoms with E-state index >= 15 is 0 Å². The van der Waals surface area contributed by atoms with Gasteiger partial charge in [0, 0.05) is 22.4 Å². The van der Waals surface area contributed by atoms with Crippen molar-refractivity contribution < 1.29 is 35.9 Å². The number of benzene rings is 3. The van der Waals surface area contributed by atoms with Gasteiger partial charge in [-0.15, -0.1) is 0 Å². The van der Waals surface area contributed by atoms with Gasteiger partial charge in [0.15, 0.2) is 11.6 Å². The van der Waals surface area contributed by atoms with Crippen LogP contribution in [-0.4, -0.2) is 23.9 Å². The molecule has 0 bridgehead atoms. The lowest BCUT2D eigenvalue weighted by atomic mass is 9.72. The molecular formula is C24H17F6NO2. The predicted octanol–water partition coefficient (Wildman–Crippen LogP) is 6.11. The number of rotatable bonds is 5. The average molecular weight is 465 g/mol. The van der Waals surface area contributed by atoms with E-state index in [1.54, 1.807) is 6.07 Å². The number of hydrogen-bond donors (Lipinski definition) is 1. The van der Waals surface area contributed by atoms with E-state index in [-0.39, 0.29) is 16.8 Å². The predicted molar refractivity (Wildman–Crippen MR) is 110 cm³/mol. The zero-order valence-electron chi connectivity index (χ0n) is 17.1. The Bertz CT molecular complexity index is 1170. The number of Topliss-reactive ketones (excluding diaryl/α,β-unsaturated/α-hetero) is 1. The minimum absolute atomic E-state index is 0.0470. The Labute approximate surface area is 184 Å². The Morgan fingerprint density at radius 2 is 1.21 bits per heavy atom. The van der Waals surface area contributed by atoms with Crippen molar-refractivity contribution in [3.05, 3.63) is 101 Å². The van der Waals surface area contributed by atoms with E-state index in [2.05, 4.69) is 0 Å². The van der Waals surface area contributed by atoms with Crippen LogP contribution in [0.3, 0.4) is 0 Å². The molecule has 0 radical (unpaired) electrons. The molecule has 3 nitrogen and oxygen atoms in total. The fraction of sp³-hybridized carbons (Fsp3) is 0.167. The number of nitrogens with two attached hydrogens (primary N) is 1. The molecule has 3 aromatic rings. The first-order valence-corrected chi connectivity index (χ1v) is 9.55. The zero-order valence-corrected chi connectivity index (χ0v) is 17.1. The Morgan fingerprint density at radius 3 is 1.70 bits per heavy atom. The maximum atomic E-state index is 14.4. The highest BCUT2D eigenvalue weighted by Gasteiger charge is 2.72. The highest BCUT2D eigenvalue weighted by Crippen LogP contribution is 2.56. The molecule has 0 fully saturated rings. The summed E-state index contributed by atoms with van der Waals surface area (Å²) in [6.07, 6.45) is -11.7. The standard InChI is InChI=1S/C24H17F6NO2/c1-14(32)15-7-9-17(10-8-15)22(23(25,26)27,24(28,29)30)18-11-12-20(31)19(13-18)21(33)16-5-3-2-4-6-16/h2-13H,31H2,1H3. The summed E-state index contributed by atoms with van der Waals surface area (Å²) in [6.45, 7) is 1.14.